The summed E-state index contributed by atoms with van der Waals surface area (Å²) in [4.78, 5) is 2.46. The fourth-order valence-corrected chi connectivity index (χ4v) is 10.1. The normalized spacial score (nSPS) is 11.2. The van der Waals surface area contributed by atoms with E-state index in [0.717, 1.165) is 50.5 Å². The average molecular weight is 867 g/mol. The van der Waals surface area contributed by atoms with Gasteiger partial charge in [0.25, 0.3) is 0 Å². The quantitative estimate of drug-likeness (QED) is 0.133. The summed E-state index contributed by atoms with van der Waals surface area (Å²) in [7, 11) is 0. The summed E-state index contributed by atoms with van der Waals surface area (Å²) in [6, 6.07) is 101. The first-order chi connectivity index (χ1) is 33.8. The molecular formula is C66H46N2. The van der Waals surface area contributed by atoms with E-state index in [0.29, 0.717) is 0 Å². The molecule has 0 unspecified atom stereocenters. The van der Waals surface area contributed by atoms with Crippen molar-refractivity contribution in [3.05, 3.63) is 279 Å². The molecule has 0 amide bonds. The Morgan fingerprint density at radius 3 is 1.32 bits per heavy atom. The Labute approximate surface area is 397 Å². The van der Waals surface area contributed by atoms with Crippen molar-refractivity contribution < 1.29 is 0 Å². The number of rotatable bonds is 10. The highest BCUT2D eigenvalue weighted by Gasteiger charge is 2.24. The maximum atomic E-state index is 2.49. The number of fused-ring (bicyclic) bond motifs is 3. The van der Waals surface area contributed by atoms with Crippen molar-refractivity contribution in [3.8, 4) is 72.4 Å². The van der Waals surface area contributed by atoms with Gasteiger partial charge in [-0.15, -0.1) is 0 Å². The fourth-order valence-electron chi connectivity index (χ4n) is 10.1. The number of hydrogen-bond donors (Lipinski definition) is 0. The molecule has 12 aromatic rings. The second kappa shape index (κ2) is 17.8. The maximum absolute atomic E-state index is 2.49. The first-order valence-electron chi connectivity index (χ1n) is 23.3. The first-order valence-corrected chi connectivity index (χ1v) is 23.3. The molecule has 1 heterocycles. The molecule has 0 spiro atoms. The predicted octanol–water partition coefficient (Wildman–Crippen LogP) is 18.3. The van der Waals surface area contributed by atoms with Gasteiger partial charge in [-0.1, -0.05) is 237 Å². The molecule has 68 heavy (non-hydrogen) atoms. The van der Waals surface area contributed by atoms with E-state index in [9.17, 15) is 0 Å². The topological polar surface area (TPSA) is 8.17 Å². The Morgan fingerprint density at radius 2 is 0.691 bits per heavy atom. The van der Waals surface area contributed by atoms with Crippen molar-refractivity contribution in [1.29, 1.82) is 0 Å². The highest BCUT2D eigenvalue weighted by Crippen LogP contribution is 2.48. The van der Waals surface area contributed by atoms with Crippen LogP contribution in [-0.4, -0.2) is 4.57 Å². The Morgan fingerprint density at radius 1 is 0.235 bits per heavy atom. The molecule has 0 N–H and O–H groups in total. The van der Waals surface area contributed by atoms with Gasteiger partial charge >= 0.3 is 0 Å². The lowest BCUT2D eigenvalue weighted by molar-refractivity contribution is 1.18. The molecule has 0 fully saturated rings. The van der Waals surface area contributed by atoms with Crippen LogP contribution in [0.4, 0.5) is 17.1 Å². The van der Waals surface area contributed by atoms with Crippen molar-refractivity contribution in [2.45, 2.75) is 0 Å². The summed E-state index contributed by atoms with van der Waals surface area (Å²) in [5, 5.41) is 2.41. The number of nitrogens with zero attached hydrogens (tertiary/aromatic N) is 2. The minimum absolute atomic E-state index is 1.06. The zero-order valence-corrected chi connectivity index (χ0v) is 37.5. The van der Waals surface area contributed by atoms with E-state index in [1.165, 1.54) is 60.8 Å². The summed E-state index contributed by atoms with van der Waals surface area (Å²) >= 11 is 0. The van der Waals surface area contributed by atoms with Crippen LogP contribution < -0.4 is 4.90 Å². The van der Waals surface area contributed by atoms with Crippen LogP contribution in [0.25, 0.3) is 94.3 Å². The largest absolute Gasteiger partial charge is 0.310 e. The van der Waals surface area contributed by atoms with E-state index >= 15 is 0 Å². The summed E-state index contributed by atoms with van der Waals surface area (Å²) in [5.74, 6) is 0. The van der Waals surface area contributed by atoms with Crippen LogP contribution in [0.2, 0.25) is 0 Å². The van der Waals surface area contributed by atoms with Crippen molar-refractivity contribution in [2.24, 2.45) is 0 Å². The molecule has 12 rings (SSSR count). The summed E-state index contributed by atoms with van der Waals surface area (Å²) < 4.78 is 2.49. The molecule has 11 aromatic carbocycles. The first kappa shape index (κ1) is 40.5. The second-order valence-corrected chi connectivity index (χ2v) is 17.2. The molecule has 0 aliphatic heterocycles. The smallest absolute Gasteiger partial charge is 0.0562 e. The Bertz CT molecular complexity index is 3710. The molecule has 0 radical (unpaired) electrons. The van der Waals surface area contributed by atoms with Gasteiger partial charge in [-0.2, -0.15) is 0 Å². The van der Waals surface area contributed by atoms with Crippen LogP contribution >= 0.6 is 0 Å². The van der Waals surface area contributed by atoms with Crippen LogP contribution in [0.5, 0.6) is 0 Å². The van der Waals surface area contributed by atoms with Crippen LogP contribution in [0.1, 0.15) is 0 Å². The van der Waals surface area contributed by atoms with Gasteiger partial charge in [0.15, 0.2) is 0 Å². The van der Waals surface area contributed by atoms with Crippen LogP contribution in [0.15, 0.2) is 279 Å². The third kappa shape index (κ3) is 7.45. The molecule has 0 saturated heterocycles. The van der Waals surface area contributed by atoms with E-state index in [1.54, 1.807) is 0 Å². The van der Waals surface area contributed by atoms with Gasteiger partial charge in [0, 0.05) is 33.3 Å². The summed E-state index contributed by atoms with van der Waals surface area (Å²) in [6.45, 7) is 0. The fraction of sp³-hybridized carbons (Fsp3) is 0. The predicted molar refractivity (Wildman–Crippen MR) is 288 cm³/mol. The lowest BCUT2D eigenvalue weighted by Crippen LogP contribution is -2.12. The monoisotopic (exact) mass is 866 g/mol. The zero-order chi connectivity index (χ0) is 45.2. The van der Waals surface area contributed by atoms with E-state index in [1.807, 2.05) is 0 Å². The van der Waals surface area contributed by atoms with Crippen LogP contribution in [0, 0.1) is 0 Å². The third-order valence-corrected chi connectivity index (χ3v) is 13.2. The molecule has 320 valence electrons. The number of anilines is 3. The maximum Gasteiger partial charge on any atom is 0.0562 e. The van der Waals surface area contributed by atoms with Gasteiger partial charge in [-0.05, 0) is 98.1 Å². The van der Waals surface area contributed by atoms with Crippen molar-refractivity contribution >= 4 is 38.9 Å². The molecule has 0 aliphatic rings. The highest BCUT2D eigenvalue weighted by atomic mass is 15.1. The van der Waals surface area contributed by atoms with Crippen molar-refractivity contribution in [2.75, 3.05) is 4.90 Å². The number of benzene rings is 11. The molecular weight excluding hydrogens is 821 g/mol. The van der Waals surface area contributed by atoms with Gasteiger partial charge in [0.2, 0.25) is 0 Å². The van der Waals surface area contributed by atoms with E-state index < -0.39 is 0 Å². The van der Waals surface area contributed by atoms with Crippen LogP contribution in [0.3, 0.4) is 0 Å². The molecule has 2 nitrogen and oxygen atoms in total. The SMILES string of the molecule is c1ccc(-c2ccc(-c3ccccc3)c(-n3c4ccccc4c4ccc(N(c5ccccc5)c5cc(-c6ccccc6-c6ccccc6)ccc5-c5ccccc5-c5ccccc5)cc43)c2)cc1. The lowest BCUT2D eigenvalue weighted by Gasteiger charge is -2.29. The van der Waals surface area contributed by atoms with Gasteiger partial charge in [-0.25, -0.2) is 0 Å². The third-order valence-electron chi connectivity index (χ3n) is 13.2. The number of aromatic nitrogens is 1. The van der Waals surface area contributed by atoms with E-state index in [-0.39, 0.29) is 0 Å². The number of hydrogen-bond acceptors (Lipinski definition) is 1. The minimum atomic E-state index is 1.06. The van der Waals surface area contributed by atoms with E-state index in [2.05, 4.69) is 289 Å². The van der Waals surface area contributed by atoms with Gasteiger partial charge in [0.05, 0.1) is 22.4 Å². The molecule has 2 heteroatoms. The molecule has 0 aliphatic carbocycles. The van der Waals surface area contributed by atoms with Gasteiger partial charge in [-0.3, -0.25) is 0 Å². The van der Waals surface area contributed by atoms with Crippen molar-refractivity contribution in [3.63, 3.8) is 0 Å². The Kier molecular flexibility index (Phi) is 10.6. The van der Waals surface area contributed by atoms with Gasteiger partial charge < -0.3 is 9.47 Å². The lowest BCUT2D eigenvalue weighted by atomic mass is 9.89. The van der Waals surface area contributed by atoms with Crippen LogP contribution in [-0.2, 0) is 0 Å². The number of para-hydroxylation sites is 2. The minimum Gasteiger partial charge on any atom is -0.310 e. The zero-order valence-electron chi connectivity index (χ0n) is 37.5. The molecule has 0 saturated carbocycles. The highest BCUT2D eigenvalue weighted by molar-refractivity contribution is 6.11. The van der Waals surface area contributed by atoms with Gasteiger partial charge in [0.1, 0.15) is 0 Å². The van der Waals surface area contributed by atoms with Crippen molar-refractivity contribution in [1.82, 2.24) is 4.57 Å². The summed E-state index contributed by atoms with van der Waals surface area (Å²) in [5.41, 5.74) is 20.7. The second-order valence-electron chi connectivity index (χ2n) is 17.2. The Balaban J connectivity index is 1.15. The molecule has 0 bridgehead atoms. The molecule has 0 atom stereocenters. The Hall–Kier alpha value is -8.98. The molecule has 1 aromatic heterocycles. The summed E-state index contributed by atoms with van der Waals surface area (Å²) in [6.07, 6.45) is 0. The standard InChI is InChI=1S/C66H46N2/c1-6-22-47(23-7-1)51-38-41-58(50-28-12-4-13-29-50)64(44-51)68-63-37-21-20-36-60(63)62-43-40-54(46-66(62)68)67(53-30-14-5-15-31-53)65-45-52(57-34-17-16-32-55(57)48-24-8-2-9-25-48)39-42-61(65)59-35-19-18-33-56(59)49-26-10-3-11-27-49/h1-46H. The van der Waals surface area contributed by atoms with E-state index in [4.69, 9.17) is 0 Å². The average Bonchev–Trinajstić information content (AvgIpc) is 3.75.